The van der Waals surface area contributed by atoms with Gasteiger partial charge in [0.1, 0.15) is 17.1 Å². The lowest BCUT2D eigenvalue weighted by atomic mass is 9.97. The molecule has 4 rings (SSSR count). The Labute approximate surface area is 175 Å². The van der Waals surface area contributed by atoms with E-state index in [4.69, 9.17) is 9.47 Å². The molecule has 0 heterocycles. The fraction of sp³-hybridized carbons (Fsp3) is 0.0800. The Morgan fingerprint density at radius 2 is 1.47 bits per heavy atom. The number of benzene rings is 4. The van der Waals surface area contributed by atoms with E-state index in [1.165, 1.54) is 7.11 Å². The first-order valence-electron chi connectivity index (χ1n) is 9.45. The van der Waals surface area contributed by atoms with Gasteiger partial charge < -0.3 is 9.47 Å². The fourth-order valence-electron chi connectivity index (χ4n) is 3.51. The van der Waals surface area contributed by atoms with E-state index in [1.54, 1.807) is 31.4 Å². The van der Waals surface area contributed by atoms with Crippen molar-refractivity contribution < 1.29 is 18.8 Å². The average molecular weight is 415 g/mol. The van der Waals surface area contributed by atoms with Crippen molar-refractivity contribution in [2.45, 2.75) is 0 Å². The van der Waals surface area contributed by atoms with Gasteiger partial charge in [0.25, 0.3) is 0 Å². The molecule has 0 amide bonds. The smallest absolute Gasteiger partial charge is 0.415 e. The maximum absolute atomic E-state index is 13.5. The van der Waals surface area contributed by atoms with Gasteiger partial charge in [-0.25, -0.2) is 0 Å². The molecule has 148 valence electrons. The van der Waals surface area contributed by atoms with Crippen molar-refractivity contribution in [1.29, 1.82) is 0 Å². The van der Waals surface area contributed by atoms with Crippen LogP contribution in [0.3, 0.4) is 0 Å². The summed E-state index contributed by atoms with van der Waals surface area (Å²) in [7, 11) is 1.28. The number of ketones is 1. The predicted octanol–water partition coefficient (Wildman–Crippen LogP) is 4.87. The third-order valence-corrected chi connectivity index (χ3v) is 6.46. The molecule has 0 saturated heterocycles. The van der Waals surface area contributed by atoms with E-state index in [9.17, 15) is 9.36 Å². The van der Waals surface area contributed by atoms with Crippen molar-refractivity contribution in [2.24, 2.45) is 0 Å². The van der Waals surface area contributed by atoms with Crippen molar-refractivity contribution >= 4 is 35.0 Å². The molecule has 4 nitrogen and oxygen atoms in total. The molecule has 0 N–H and O–H groups in total. The van der Waals surface area contributed by atoms with Crippen LogP contribution in [0.25, 0.3) is 10.8 Å². The summed E-state index contributed by atoms with van der Waals surface area (Å²) in [6.07, 6.45) is 0. The van der Waals surface area contributed by atoms with Gasteiger partial charge in [0, 0.05) is 17.0 Å². The largest absolute Gasteiger partial charge is 0.496 e. The van der Waals surface area contributed by atoms with Gasteiger partial charge in [-0.15, -0.1) is 0 Å². The van der Waals surface area contributed by atoms with Gasteiger partial charge in [-0.2, -0.15) is 0 Å². The zero-order valence-corrected chi connectivity index (χ0v) is 17.6. The summed E-state index contributed by atoms with van der Waals surface area (Å²) in [4.78, 5) is 13.5. The summed E-state index contributed by atoms with van der Waals surface area (Å²) in [6, 6.07) is 25.7. The lowest BCUT2D eigenvalue weighted by Crippen LogP contribution is -2.11. The third-order valence-electron chi connectivity index (χ3n) is 4.95. The lowest BCUT2D eigenvalue weighted by molar-refractivity contribution is 0.103. The molecule has 0 bridgehead atoms. The molecule has 0 aliphatic carbocycles. The van der Waals surface area contributed by atoms with Crippen LogP contribution in [0.5, 0.6) is 11.5 Å². The molecule has 0 fully saturated rings. The van der Waals surface area contributed by atoms with Gasteiger partial charge in [0.2, 0.25) is 5.78 Å². The second-order valence-electron chi connectivity index (χ2n) is 6.72. The first-order chi connectivity index (χ1) is 14.6. The molecule has 1 unspecified atom stereocenters. The summed E-state index contributed by atoms with van der Waals surface area (Å²) >= 11 is 0. The van der Waals surface area contributed by atoms with E-state index in [0.29, 0.717) is 27.9 Å². The van der Waals surface area contributed by atoms with Gasteiger partial charge in [-0.05, 0) is 29.7 Å². The normalized spacial score (nSPS) is 11.2. The van der Waals surface area contributed by atoms with Crippen LogP contribution in [0.1, 0.15) is 15.9 Å². The number of rotatable bonds is 6. The van der Waals surface area contributed by atoms with Gasteiger partial charge in [-0.3, -0.25) is 4.79 Å². The van der Waals surface area contributed by atoms with Crippen LogP contribution in [0.2, 0.25) is 0 Å². The first-order valence-corrected chi connectivity index (χ1v) is 10.7. The van der Waals surface area contributed by atoms with Gasteiger partial charge in [-0.1, -0.05) is 59.2 Å². The number of hydrogen-bond donors (Lipinski definition) is 0. The highest BCUT2D eigenvalue weighted by atomic mass is 31.1. The summed E-state index contributed by atoms with van der Waals surface area (Å²) in [6.45, 7) is 0. The van der Waals surface area contributed by atoms with Crippen molar-refractivity contribution in [3.63, 3.8) is 0 Å². The Morgan fingerprint density at radius 3 is 2.20 bits per heavy atom. The number of carbonyl (C=O) groups excluding carboxylic acids is 1. The van der Waals surface area contributed by atoms with E-state index in [2.05, 4.69) is 0 Å². The highest BCUT2D eigenvalue weighted by Gasteiger charge is 2.27. The topological polar surface area (TPSA) is 52.6 Å². The highest BCUT2D eigenvalue weighted by molar-refractivity contribution is 7.61. The lowest BCUT2D eigenvalue weighted by Gasteiger charge is -2.15. The van der Waals surface area contributed by atoms with E-state index >= 15 is 0 Å². The summed E-state index contributed by atoms with van der Waals surface area (Å²) < 4.78 is 24.1. The SMILES string of the molecule is COc1cc2ccccc2c(OC)c1C(=O)c1cccc([P+](=O)c2ccccc2)c1. The van der Waals surface area contributed by atoms with Gasteiger partial charge in [0.05, 0.1) is 14.2 Å². The molecule has 0 saturated carbocycles. The highest BCUT2D eigenvalue weighted by Crippen LogP contribution is 2.38. The zero-order chi connectivity index (χ0) is 21.1. The minimum absolute atomic E-state index is 0.243. The number of hydrogen-bond acceptors (Lipinski definition) is 4. The van der Waals surface area contributed by atoms with Crippen LogP contribution in [0, 0.1) is 0 Å². The van der Waals surface area contributed by atoms with Gasteiger partial charge in [0.15, 0.2) is 10.6 Å². The van der Waals surface area contributed by atoms with Gasteiger partial charge >= 0.3 is 7.80 Å². The van der Waals surface area contributed by atoms with Crippen molar-refractivity contribution in [1.82, 2.24) is 0 Å². The van der Waals surface area contributed by atoms with Crippen molar-refractivity contribution in [2.75, 3.05) is 14.2 Å². The molecule has 5 heteroatoms. The first kappa shape index (κ1) is 19.8. The standard InChI is InChI=1S/C25H20O4P/c1-28-22-16-17-9-6-7-14-21(17)25(29-2)23(22)24(26)18-10-8-13-20(15-18)30(27)19-11-4-3-5-12-19/h3-16H,1-2H3/q+1. The van der Waals surface area contributed by atoms with E-state index in [1.807, 2.05) is 60.7 Å². The monoisotopic (exact) mass is 415 g/mol. The number of fused-ring (bicyclic) bond motifs is 1. The van der Waals surface area contributed by atoms with E-state index in [0.717, 1.165) is 16.1 Å². The fourth-order valence-corrected chi connectivity index (χ4v) is 4.73. The van der Waals surface area contributed by atoms with E-state index in [-0.39, 0.29) is 5.78 Å². The molecule has 30 heavy (non-hydrogen) atoms. The Hall–Kier alpha value is -3.49. The van der Waals surface area contributed by atoms with Crippen LogP contribution < -0.4 is 20.1 Å². The van der Waals surface area contributed by atoms with Crippen LogP contribution in [-0.4, -0.2) is 20.0 Å². The van der Waals surface area contributed by atoms with Crippen molar-refractivity contribution in [3.05, 3.63) is 96.1 Å². The van der Waals surface area contributed by atoms with Crippen LogP contribution >= 0.6 is 7.80 Å². The Morgan fingerprint density at radius 1 is 0.767 bits per heavy atom. The summed E-state index contributed by atoms with van der Waals surface area (Å²) in [5.74, 6) is 0.661. The molecule has 0 aliphatic rings. The summed E-state index contributed by atoms with van der Waals surface area (Å²) in [5.41, 5.74) is 0.782. The molecule has 0 aliphatic heterocycles. The minimum atomic E-state index is -1.80. The maximum atomic E-state index is 13.5. The minimum Gasteiger partial charge on any atom is -0.496 e. The van der Waals surface area contributed by atoms with Crippen LogP contribution in [0.15, 0.2) is 84.9 Å². The second kappa shape index (κ2) is 8.48. The number of methoxy groups -OCH3 is 2. The zero-order valence-electron chi connectivity index (χ0n) is 16.7. The second-order valence-corrected chi connectivity index (χ2v) is 8.34. The molecular weight excluding hydrogens is 395 g/mol. The Balaban J connectivity index is 1.82. The van der Waals surface area contributed by atoms with Crippen LogP contribution in [0.4, 0.5) is 0 Å². The quantitative estimate of drug-likeness (QED) is 0.333. The van der Waals surface area contributed by atoms with Crippen LogP contribution in [-0.2, 0) is 4.57 Å². The maximum Gasteiger partial charge on any atom is 0.415 e. The Bertz CT molecular complexity index is 1250. The number of carbonyl (C=O) groups is 1. The molecule has 0 aromatic heterocycles. The molecule has 1 atom stereocenters. The number of ether oxygens (including phenoxy) is 2. The van der Waals surface area contributed by atoms with Crippen molar-refractivity contribution in [3.8, 4) is 11.5 Å². The molecule has 4 aromatic rings. The Kier molecular flexibility index (Phi) is 5.60. The van der Waals surface area contributed by atoms with E-state index < -0.39 is 7.80 Å². The molecular formula is C25H20O4P+. The molecule has 0 spiro atoms. The molecule has 4 aromatic carbocycles. The molecule has 0 radical (unpaired) electrons. The third kappa shape index (κ3) is 3.58. The summed E-state index contributed by atoms with van der Waals surface area (Å²) in [5, 5.41) is 3.07. The average Bonchev–Trinajstić information content (AvgIpc) is 2.82. The predicted molar refractivity (Wildman–Crippen MR) is 120 cm³/mol.